The van der Waals surface area contributed by atoms with Gasteiger partial charge in [-0.1, -0.05) is 35.5 Å². The summed E-state index contributed by atoms with van der Waals surface area (Å²) in [6.45, 7) is -0.231. The Hall–Kier alpha value is -2.75. The topological polar surface area (TPSA) is 159 Å². The van der Waals surface area contributed by atoms with Gasteiger partial charge in [-0.05, 0) is 23.8 Å². The van der Waals surface area contributed by atoms with Crippen molar-refractivity contribution in [1.29, 1.82) is 5.41 Å². The minimum absolute atomic E-state index is 0. The van der Waals surface area contributed by atoms with E-state index in [1.165, 1.54) is 4.68 Å². The minimum atomic E-state index is -4.54. The Labute approximate surface area is 166 Å². The molecular weight excluding hydrogens is 407 g/mol. The number of hydrogen-bond donors (Lipinski definition) is 5. The summed E-state index contributed by atoms with van der Waals surface area (Å²) in [6, 6.07) is 14.1. The van der Waals surface area contributed by atoms with Crippen LogP contribution in [0.4, 0.5) is 5.69 Å². The lowest BCUT2D eigenvalue weighted by Gasteiger charge is -2.08. The number of rotatable bonds is 6. The normalized spacial score (nSPS) is 10.9. The summed E-state index contributed by atoms with van der Waals surface area (Å²) in [7, 11) is -4.54. The molecule has 10 nitrogen and oxygen atoms in total. The number of phosphoric ester groups is 1. The van der Waals surface area contributed by atoms with Gasteiger partial charge in [-0.25, -0.2) is 9.25 Å². The fourth-order valence-corrected chi connectivity index (χ4v) is 2.74. The van der Waals surface area contributed by atoms with Crippen molar-refractivity contribution in [3.8, 4) is 16.9 Å². The summed E-state index contributed by atoms with van der Waals surface area (Å²) < 4.78 is 16.9. The summed E-state index contributed by atoms with van der Waals surface area (Å²) in [5, 5.41) is 18.4. The number of phosphoric acid groups is 1. The second-order valence-corrected chi connectivity index (χ2v) is 6.81. The molecule has 0 saturated heterocycles. The van der Waals surface area contributed by atoms with Crippen LogP contribution in [0.25, 0.3) is 16.9 Å². The van der Waals surface area contributed by atoms with Crippen molar-refractivity contribution in [2.45, 2.75) is 6.61 Å². The van der Waals surface area contributed by atoms with E-state index in [4.69, 9.17) is 20.9 Å². The third kappa shape index (κ3) is 5.62. The van der Waals surface area contributed by atoms with E-state index < -0.39 is 7.82 Å². The van der Waals surface area contributed by atoms with E-state index in [-0.39, 0.29) is 25.0 Å². The zero-order valence-electron chi connectivity index (χ0n) is 14.4. The van der Waals surface area contributed by atoms with Gasteiger partial charge in [0.05, 0.1) is 24.2 Å². The van der Waals surface area contributed by atoms with Crippen molar-refractivity contribution in [3.63, 3.8) is 0 Å². The average Bonchev–Trinajstić information content (AvgIpc) is 3.10. The van der Waals surface area contributed by atoms with Crippen LogP contribution in [0.15, 0.2) is 54.7 Å². The molecule has 0 unspecified atom stereocenters. The second kappa shape index (κ2) is 8.96. The Morgan fingerprint density at radius 2 is 2.00 bits per heavy atom. The largest absolute Gasteiger partial charge is 0.469 e. The van der Waals surface area contributed by atoms with Crippen LogP contribution >= 0.6 is 20.2 Å². The molecule has 12 heteroatoms. The van der Waals surface area contributed by atoms with E-state index >= 15 is 0 Å². The predicted molar refractivity (Wildman–Crippen MR) is 106 cm³/mol. The van der Waals surface area contributed by atoms with Gasteiger partial charge in [0, 0.05) is 5.56 Å². The predicted octanol–water partition coefficient (Wildman–Crippen LogP) is 2.27. The van der Waals surface area contributed by atoms with Gasteiger partial charge in [-0.3, -0.25) is 9.93 Å². The molecule has 3 rings (SSSR count). The van der Waals surface area contributed by atoms with E-state index in [0.29, 0.717) is 22.6 Å². The lowest BCUT2D eigenvalue weighted by atomic mass is 10.1. The molecule has 3 aromatic rings. The van der Waals surface area contributed by atoms with Crippen molar-refractivity contribution in [2.24, 2.45) is 5.73 Å². The van der Waals surface area contributed by atoms with Crippen molar-refractivity contribution in [2.75, 3.05) is 5.32 Å². The molecule has 0 bridgehead atoms. The van der Waals surface area contributed by atoms with E-state index in [9.17, 15) is 4.57 Å². The molecule has 0 radical (unpaired) electrons. The lowest BCUT2D eigenvalue weighted by molar-refractivity contribution is 0.189. The van der Waals surface area contributed by atoms with Gasteiger partial charge in [0.15, 0.2) is 5.96 Å². The Kier molecular flexibility index (Phi) is 6.90. The van der Waals surface area contributed by atoms with Gasteiger partial charge in [0.2, 0.25) is 0 Å². The van der Waals surface area contributed by atoms with Gasteiger partial charge < -0.3 is 20.8 Å². The number of anilines is 1. The first-order chi connectivity index (χ1) is 12.8. The standard InChI is InChI=1S/C16H17N6O4P.ClH/c17-16(18)19-14-7-2-1-6-13(14)15-9-22(21-20-15)12-5-3-4-11(8-12)10-26-27(23,24)25;/h1-9H,10H2,(H4,17,18,19)(H2,23,24,25);1H. The SMILES string of the molecule is Cl.N=C(N)Nc1ccccc1-c1cn(-c2cccc(COP(=O)(O)O)c2)nn1. The zero-order chi connectivity index (χ0) is 19.4. The summed E-state index contributed by atoms with van der Waals surface area (Å²) in [5.74, 6) is -0.187. The highest BCUT2D eigenvalue weighted by Gasteiger charge is 2.14. The van der Waals surface area contributed by atoms with Crippen LogP contribution in [0.5, 0.6) is 0 Å². The zero-order valence-corrected chi connectivity index (χ0v) is 16.1. The number of nitrogens with zero attached hydrogens (tertiary/aromatic N) is 3. The Balaban J connectivity index is 0.00000280. The fraction of sp³-hybridized carbons (Fsp3) is 0.0625. The Morgan fingerprint density at radius 1 is 1.25 bits per heavy atom. The monoisotopic (exact) mass is 424 g/mol. The summed E-state index contributed by atoms with van der Waals surface area (Å²) in [4.78, 5) is 17.6. The second-order valence-electron chi connectivity index (χ2n) is 5.57. The van der Waals surface area contributed by atoms with Crippen LogP contribution in [0.3, 0.4) is 0 Å². The van der Waals surface area contributed by atoms with Gasteiger partial charge in [0.1, 0.15) is 5.69 Å². The van der Waals surface area contributed by atoms with Crippen molar-refractivity contribution < 1.29 is 18.9 Å². The highest BCUT2D eigenvalue weighted by molar-refractivity contribution is 7.46. The maximum Gasteiger partial charge on any atom is 0.469 e. The average molecular weight is 425 g/mol. The van der Waals surface area contributed by atoms with Gasteiger partial charge in [0.25, 0.3) is 0 Å². The lowest BCUT2D eigenvalue weighted by Crippen LogP contribution is -2.20. The molecule has 1 heterocycles. The molecule has 148 valence electrons. The fourth-order valence-electron chi connectivity index (χ4n) is 2.42. The number of para-hydroxylation sites is 1. The van der Waals surface area contributed by atoms with Crippen molar-refractivity contribution >= 4 is 31.9 Å². The van der Waals surface area contributed by atoms with Crippen LogP contribution in [0.2, 0.25) is 0 Å². The number of aromatic nitrogens is 3. The number of halogens is 1. The van der Waals surface area contributed by atoms with E-state index in [1.54, 1.807) is 36.5 Å². The van der Waals surface area contributed by atoms with Crippen LogP contribution < -0.4 is 11.1 Å². The first kappa shape index (κ1) is 21.5. The number of hydrogen-bond acceptors (Lipinski definition) is 5. The minimum Gasteiger partial charge on any atom is -0.370 e. The van der Waals surface area contributed by atoms with Crippen molar-refractivity contribution in [1.82, 2.24) is 15.0 Å². The Bertz CT molecular complexity index is 1020. The molecule has 0 aliphatic carbocycles. The van der Waals surface area contributed by atoms with E-state index in [0.717, 1.165) is 5.56 Å². The van der Waals surface area contributed by atoms with Crippen LogP contribution in [-0.4, -0.2) is 30.7 Å². The quantitative estimate of drug-likeness (QED) is 0.229. The third-order valence-corrected chi connectivity index (χ3v) is 4.01. The number of nitrogens with two attached hydrogens (primary N) is 1. The van der Waals surface area contributed by atoms with E-state index in [2.05, 4.69) is 20.2 Å². The maximum absolute atomic E-state index is 10.8. The van der Waals surface area contributed by atoms with Crippen LogP contribution in [0, 0.1) is 5.41 Å². The molecule has 0 spiro atoms. The van der Waals surface area contributed by atoms with Crippen LogP contribution in [-0.2, 0) is 15.7 Å². The van der Waals surface area contributed by atoms with Gasteiger partial charge in [-0.2, -0.15) is 0 Å². The summed E-state index contributed by atoms with van der Waals surface area (Å²) in [6.07, 6.45) is 1.70. The molecule has 2 aromatic carbocycles. The number of benzene rings is 2. The molecule has 28 heavy (non-hydrogen) atoms. The third-order valence-electron chi connectivity index (χ3n) is 3.54. The molecule has 0 aliphatic rings. The molecule has 0 saturated carbocycles. The molecule has 0 fully saturated rings. The molecule has 0 amide bonds. The summed E-state index contributed by atoms with van der Waals surface area (Å²) in [5.41, 5.74) is 8.55. The number of guanidine groups is 1. The summed E-state index contributed by atoms with van der Waals surface area (Å²) >= 11 is 0. The molecule has 0 atom stereocenters. The molecule has 1 aromatic heterocycles. The van der Waals surface area contributed by atoms with Gasteiger partial charge in [-0.15, -0.1) is 17.5 Å². The molecule has 0 aliphatic heterocycles. The smallest absolute Gasteiger partial charge is 0.370 e. The first-order valence-electron chi connectivity index (χ1n) is 7.74. The molecule has 6 N–H and O–H groups in total. The highest BCUT2D eigenvalue weighted by Crippen LogP contribution is 2.37. The number of nitrogens with one attached hydrogen (secondary N) is 2. The Morgan fingerprint density at radius 3 is 2.71 bits per heavy atom. The maximum atomic E-state index is 10.8. The van der Waals surface area contributed by atoms with E-state index in [1.807, 2.05) is 18.2 Å². The van der Waals surface area contributed by atoms with Gasteiger partial charge >= 0.3 is 7.82 Å². The first-order valence-corrected chi connectivity index (χ1v) is 9.27. The molecular formula is C16H18ClN6O4P. The van der Waals surface area contributed by atoms with Crippen LogP contribution in [0.1, 0.15) is 5.56 Å². The highest BCUT2D eigenvalue weighted by atomic mass is 35.5. The van der Waals surface area contributed by atoms with Crippen molar-refractivity contribution in [3.05, 3.63) is 60.3 Å².